The van der Waals surface area contributed by atoms with Gasteiger partial charge in [-0.25, -0.2) is 4.98 Å². The van der Waals surface area contributed by atoms with Gasteiger partial charge >= 0.3 is 0 Å². The highest BCUT2D eigenvalue weighted by molar-refractivity contribution is 7.15. The highest BCUT2D eigenvalue weighted by Crippen LogP contribution is 2.36. The monoisotopic (exact) mass is 473 g/mol. The van der Waals surface area contributed by atoms with E-state index in [1.54, 1.807) is 17.7 Å². The van der Waals surface area contributed by atoms with Crippen LogP contribution in [0.1, 0.15) is 24.1 Å². The first-order chi connectivity index (χ1) is 16.5. The Hall–Kier alpha value is -3.58. The van der Waals surface area contributed by atoms with Crippen molar-refractivity contribution >= 4 is 34.1 Å². The van der Waals surface area contributed by atoms with Gasteiger partial charge in [-0.1, -0.05) is 24.3 Å². The number of hydrogen-bond donors (Lipinski definition) is 0. The Morgan fingerprint density at radius 3 is 2.65 bits per heavy atom. The smallest absolute Gasteiger partial charge is 0.266 e. The summed E-state index contributed by atoms with van der Waals surface area (Å²) in [6.07, 6.45) is 8.05. The summed E-state index contributed by atoms with van der Waals surface area (Å²) in [4.78, 5) is 20.9. The SMILES string of the molecule is COc1cccc(C=Cc2nc3sccn3c(=O)c2-c2ccc(N(C)C)cc2)c1OCC1CC1. The highest BCUT2D eigenvalue weighted by Gasteiger charge is 2.23. The normalized spacial score (nSPS) is 13.5. The average Bonchev–Trinajstić information content (AvgIpc) is 3.56. The van der Waals surface area contributed by atoms with Crippen molar-refractivity contribution in [3.8, 4) is 22.6 Å². The Morgan fingerprint density at radius 2 is 1.94 bits per heavy atom. The molecule has 0 saturated heterocycles. The van der Waals surface area contributed by atoms with Crippen LogP contribution in [0.25, 0.3) is 28.2 Å². The molecule has 2 aromatic carbocycles. The zero-order valence-corrected chi connectivity index (χ0v) is 20.3. The summed E-state index contributed by atoms with van der Waals surface area (Å²) in [5.74, 6) is 2.05. The Bertz CT molecular complexity index is 1400. The molecule has 4 aromatic rings. The van der Waals surface area contributed by atoms with Gasteiger partial charge < -0.3 is 14.4 Å². The van der Waals surface area contributed by atoms with Crippen LogP contribution in [0.2, 0.25) is 0 Å². The number of nitrogens with zero attached hydrogens (tertiary/aromatic N) is 3. The maximum absolute atomic E-state index is 13.4. The summed E-state index contributed by atoms with van der Waals surface area (Å²) in [5, 5.41) is 1.88. The highest BCUT2D eigenvalue weighted by atomic mass is 32.1. The zero-order valence-electron chi connectivity index (χ0n) is 19.5. The van der Waals surface area contributed by atoms with Crippen LogP contribution in [0.15, 0.2) is 58.8 Å². The lowest BCUT2D eigenvalue weighted by molar-refractivity contribution is 0.280. The molecule has 174 valence electrons. The van der Waals surface area contributed by atoms with E-state index < -0.39 is 0 Å². The Kier molecular flexibility index (Phi) is 6.11. The van der Waals surface area contributed by atoms with E-state index >= 15 is 0 Å². The molecule has 2 heterocycles. The fourth-order valence-electron chi connectivity index (χ4n) is 3.85. The zero-order chi connectivity index (χ0) is 23.7. The number of anilines is 1. The van der Waals surface area contributed by atoms with E-state index in [9.17, 15) is 4.79 Å². The van der Waals surface area contributed by atoms with E-state index in [-0.39, 0.29) is 5.56 Å². The number of fused-ring (bicyclic) bond motifs is 1. The molecular formula is C27H27N3O3S. The van der Waals surface area contributed by atoms with E-state index in [1.807, 2.05) is 79.0 Å². The molecule has 2 aromatic heterocycles. The third kappa shape index (κ3) is 4.43. The van der Waals surface area contributed by atoms with Gasteiger partial charge in [0.15, 0.2) is 16.5 Å². The van der Waals surface area contributed by atoms with Crippen molar-refractivity contribution in [3.05, 3.63) is 75.7 Å². The number of hydrogen-bond acceptors (Lipinski definition) is 6. The second-order valence-electron chi connectivity index (χ2n) is 8.64. The first-order valence-electron chi connectivity index (χ1n) is 11.3. The third-order valence-electron chi connectivity index (χ3n) is 5.98. The maximum Gasteiger partial charge on any atom is 0.266 e. The van der Waals surface area contributed by atoms with E-state index in [2.05, 4.69) is 0 Å². The van der Waals surface area contributed by atoms with Crippen molar-refractivity contribution in [2.24, 2.45) is 5.92 Å². The number of rotatable bonds is 8. The Labute approximate surface area is 202 Å². The molecule has 0 amide bonds. The minimum Gasteiger partial charge on any atom is -0.493 e. The predicted octanol–water partition coefficient (Wildman–Crippen LogP) is 5.46. The summed E-state index contributed by atoms with van der Waals surface area (Å²) in [7, 11) is 5.64. The third-order valence-corrected chi connectivity index (χ3v) is 6.73. The lowest BCUT2D eigenvalue weighted by Crippen LogP contribution is -2.17. The van der Waals surface area contributed by atoms with E-state index in [4.69, 9.17) is 14.5 Å². The van der Waals surface area contributed by atoms with Crippen LogP contribution < -0.4 is 19.9 Å². The number of methoxy groups -OCH3 is 1. The largest absolute Gasteiger partial charge is 0.493 e. The number of para-hydroxylation sites is 1. The van der Waals surface area contributed by atoms with Crippen molar-refractivity contribution in [2.45, 2.75) is 12.8 Å². The van der Waals surface area contributed by atoms with Gasteiger partial charge in [-0.05, 0) is 54.7 Å². The van der Waals surface area contributed by atoms with E-state index in [0.29, 0.717) is 34.5 Å². The van der Waals surface area contributed by atoms with Crippen molar-refractivity contribution in [2.75, 3.05) is 32.7 Å². The van der Waals surface area contributed by atoms with Gasteiger partial charge in [0.25, 0.3) is 5.56 Å². The molecule has 0 radical (unpaired) electrons. The summed E-state index contributed by atoms with van der Waals surface area (Å²) >= 11 is 1.44. The molecule has 1 aliphatic carbocycles. The number of aromatic nitrogens is 2. The number of ether oxygens (including phenoxy) is 2. The molecule has 0 bridgehead atoms. The topological polar surface area (TPSA) is 56.1 Å². The van der Waals surface area contributed by atoms with E-state index in [1.165, 1.54) is 24.2 Å². The molecule has 7 heteroatoms. The second-order valence-corrected chi connectivity index (χ2v) is 9.51. The standard InChI is InChI=1S/C27H27N3O3S/c1-29(2)21-12-9-19(10-13-21)24-22(28-27-30(26(24)31)15-16-34-27)14-11-20-5-4-6-23(32-3)25(20)33-17-18-7-8-18/h4-6,9-16,18H,7-8,17H2,1-3H3. The number of benzene rings is 2. The van der Waals surface area contributed by atoms with Gasteiger partial charge in [0.05, 0.1) is 25.0 Å². The fraction of sp³-hybridized carbons (Fsp3) is 0.259. The molecule has 0 N–H and O–H groups in total. The van der Waals surface area contributed by atoms with Crippen LogP contribution in [0.5, 0.6) is 11.5 Å². The fourth-order valence-corrected chi connectivity index (χ4v) is 4.56. The molecule has 1 fully saturated rings. The lowest BCUT2D eigenvalue weighted by Gasteiger charge is -2.14. The van der Waals surface area contributed by atoms with Gasteiger partial charge in [-0.3, -0.25) is 9.20 Å². The molecule has 0 aliphatic heterocycles. The molecule has 1 aliphatic rings. The minimum absolute atomic E-state index is 0.0839. The van der Waals surface area contributed by atoms with Crippen molar-refractivity contribution in [1.29, 1.82) is 0 Å². The summed E-state index contributed by atoms with van der Waals surface area (Å²) in [6, 6.07) is 13.8. The molecule has 6 nitrogen and oxygen atoms in total. The van der Waals surface area contributed by atoms with Gasteiger partial charge in [0, 0.05) is 36.9 Å². The van der Waals surface area contributed by atoms with Crippen LogP contribution in [-0.2, 0) is 0 Å². The number of thiazole rings is 1. The van der Waals surface area contributed by atoms with Gasteiger partial charge in [0.2, 0.25) is 0 Å². The Balaban J connectivity index is 1.59. The molecule has 0 spiro atoms. The molecule has 0 atom stereocenters. The van der Waals surface area contributed by atoms with Gasteiger partial charge in [0.1, 0.15) is 0 Å². The van der Waals surface area contributed by atoms with Crippen molar-refractivity contribution in [1.82, 2.24) is 9.38 Å². The first kappa shape index (κ1) is 22.2. The predicted molar refractivity (Wildman–Crippen MR) is 139 cm³/mol. The van der Waals surface area contributed by atoms with Crippen LogP contribution in [0.4, 0.5) is 5.69 Å². The Morgan fingerprint density at radius 1 is 1.15 bits per heavy atom. The molecule has 0 unspecified atom stereocenters. The molecule has 34 heavy (non-hydrogen) atoms. The van der Waals surface area contributed by atoms with Crippen LogP contribution in [0.3, 0.4) is 0 Å². The van der Waals surface area contributed by atoms with Crippen LogP contribution in [0, 0.1) is 5.92 Å². The van der Waals surface area contributed by atoms with Crippen molar-refractivity contribution in [3.63, 3.8) is 0 Å². The summed E-state index contributed by atoms with van der Waals surface area (Å²) in [5.41, 5.74) is 3.90. The quantitative estimate of drug-likeness (QED) is 0.340. The van der Waals surface area contributed by atoms with E-state index in [0.717, 1.165) is 22.6 Å². The molecule has 5 rings (SSSR count). The maximum atomic E-state index is 13.4. The van der Waals surface area contributed by atoms with Crippen molar-refractivity contribution < 1.29 is 9.47 Å². The molecular weight excluding hydrogens is 446 g/mol. The van der Waals surface area contributed by atoms with Gasteiger partial charge in [-0.15, -0.1) is 11.3 Å². The van der Waals surface area contributed by atoms with Crippen LogP contribution >= 0.6 is 11.3 Å². The first-order valence-corrected chi connectivity index (χ1v) is 12.2. The van der Waals surface area contributed by atoms with Crippen LogP contribution in [-0.4, -0.2) is 37.2 Å². The molecule has 1 saturated carbocycles. The summed E-state index contributed by atoms with van der Waals surface area (Å²) < 4.78 is 13.3. The summed E-state index contributed by atoms with van der Waals surface area (Å²) in [6.45, 7) is 0.686. The average molecular weight is 474 g/mol. The van der Waals surface area contributed by atoms with Gasteiger partial charge in [-0.2, -0.15) is 0 Å². The second kappa shape index (κ2) is 9.35. The lowest BCUT2D eigenvalue weighted by atomic mass is 10.0. The minimum atomic E-state index is -0.0839.